The summed E-state index contributed by atoms with van der Waals surface area (Å²) in [4.78, 5) is 0. The number of anilines is 1. The summed E-state index contributed by atoms with van der Waals surface area (Å²) < 4.78 is 65.0. The molecule has 0 atom stereocenters. The van der Waals surface area contributed by atoms with Gasteiger partial charge in [0.1, 0.15) is 0 Å². The van der Waals surface area contributed by atoms with Gasteiger partial charge in [0.15, 0.2) is 0 Å². The highest BCUT2D eigenvalue weighted by atomic mass is 35.5. The lowest BCUT2D eigenvalue weighted by molar-refractivity contribution is -0.136. The summed E-state index contributed by atoms with van der Waals surface area (Å²) in [5.74, 6) is -0.276. The highest BCUT2D eigenvalue weighted by molar-refractivity contribution is 7.92. The third-order valence-electron chi connectivity index (χ3n) is 3.27. The van der Waals surface area contributed by atoms with E-state index in [1.807, 2.05) is 35.1 Å². The molecule has 0 saturated carbocycles. The van der Waals surface area contributed by atoms with Gasteiger partial charge in [0.2, 0.25) is 10.0 Å². The van der Waals surface area contributed by atoms with Gasteiger partial charge in [-0.1, -0.05) is 41.9 Å². The maximum atomic E-state index is 13.0. The Kier molecular flexibility index (Phi) is 5.77. The van der Waals surface area contributed by atoms with E-state index in [0.29, 0.717) is 18.9 Å². The van der Waals surface area contributed by atoms with E-state index in [4.69, 9.17) is 11.6 Å². The lowest BCUT2D eigenvalue weighted by Crippen LogP contribution is -2.20. The van der Waals surface area contributed by atoms with Crippen LogP contribution < -0.4 is 4.72 Å². The number of hydrogen-bond donors (Lipinski definition) is 1. The molecule has 130 valence electrons. The molecule has 0 unspecified atom stereocenters. The fourth-order valence-electron chi connectivity index (χ4n) is 2.17. The van der Waals surface area contributed by atoms with Crippen LogP contribution in [0.5, 0.6) is 0 Å². The molecule has 0 aliphatic rings. The van der Waals surface area contributed by atoms with Gasteiger partial charge >= 0.3 is 6.18 Å². The molecule has 0 fully saturated rings. The molecule has 0 amide bonds. The van der Waals surface area contributed by atoms with E-state index in [2.05, 4.69) is 0 Å². The van der Waals surface area contributed by atoms with Crippen molar-refractivity contribution in [3.8, 4) is 0 Å². The Bertz CT molecular complexity index is 793. The molecular weight excluding hydrogens is 363 g/mol. The molecule has 1 N–H and O–H groups in total. The predicted octanol–water partition coefficient (Wildman–Crippen LogP) is 4.73. The Morgan fingerprint density at radius 3 is 2.33 bits per heavy atom. The van der Waals surface area contributed by atoms with Gasteiger partial charge in [0.25, 0.3) is 0 Å². The van der Waals surface area contributed by atoms with E-state index in [-0.39, 0.29) is 10.8 Å². The van der Waals surface area contributed by atoms with Gasteiger partial charge in [-0.15, -0.1) is 0 Å². The quantitative estimate of drug-likeness (QED) is 0.790. The normalized spacial score (nSPS) is 12.2. The van der Waals surface area contributed by atoms with Crippen molar-refractivity contribution in [3.05, 3.63) is 64.7 Å². The first-order chi connectivity index (χ1) is 11.2. The molecule has 0 radical (unpaired) electrons. The van der Waals surface area contributed by atoms with Gasteiger partial charge in [0, 0.05) is 5.02 Å². The molecule has 2 aromatic carbocycles. The maximum Gasteiger partial charge on any atom is 0.418 e. The zero-order chi connectivity index (χ0) is 17.8. The van der Waals surface area contributed by atoms with Crippen LogP contribution in [0.4, 0.5) is 18.9 Å². The largest absolute Gasteiger partial charge is 0.418 e. The number of alkyl halides is 3. The number of halogens is 4. The molecule has 24 heavy (non-hydrogen) atoms. The van der Waals surface area contributed by atoms with Crippen LogP contribution in [-0.2, 0) is 22.6 Å². The minimum Gasteiger partial charge on any atom is -0.283 e. The number of nitrogens with one attached hydrogen (secondary N) is 1. The van der Waals surface area contributed by atoms with Crippen molar-refractivity contribution in [1.29, 1.82) is 0 Å². The van der Waals surface area contributed by atoms with Crippen molar-refractivity contribution in [3.63, 3.8) is 0 Å². The van der Waals surface area contributed by atoms with Gasteiger partial charge < -0.3 is 0 Å². The zero-order valence-corrected chi connectivity index (χ0v) is 14.0. The topological polar surface area (TPSA) is 46.2 Å². The van der Waals surface area contributed by atoms with Gasteiger partial charge in [-0.05, 0) is 36.6 Å². The van der Waals surface area contributed by atoms with Gasteiger partial charge in [-0.2, -0.15) is 13.2 Å². The Labute approximate surface area is 143 Å². The molecule has 0 aliphatic heterocycles. The molecular formula is C16H15ClF3NO2S. The second-order valence-corrected chi connectivity index (χ2v) is 7.48. The highest BCUT2D eigenvalue weighted by Gasteiger charge is 2.34. The Morgan fingerprint density at radius 2 is 1.71 bits per heavy atom. The van der Waals surface area contributed by atoms with Crippen molar-refractivity contribution < 1.29 is 21.6 Å². The number of rotatable bonds is 6. The van der Waals surface area contributed by atoms with Crippen molar-refractivity contribution in [2.75, 3.05) is 10.5 Å². The average Bonchev–Trinajstić information content (AvgIpc) is 2.49. The lowest BCUT2D eigenvalue weighted by Gasteiger charge is -2.15. The van der Waals surface area contributed by atoms with E-state index < -0.39 is 27.5 Å². The Balaban J connectivity index is 2.07. The van der Waals surface area contributed by atoms with Crippen molar-refractivity contribution in [1.82, 2.24) is 0 Å². The van der Waals surface area contributed by atoms with Crippen LogP contribution in [0.15, 0.2) is 48.5 Å². The fraction of sp³-hybridized carbons (Fsp3) is 0.250. The van der Waals surface area contributed by atoms with Gasteiger partial charge in [-0.3, -0.25) is 4.72 Å². The second kappa shape index (κ2) is 7.44. The molecule has 3 nitrogen and oxygen atoms in total. The first-order valence-corrected chi connectivity index (χ1v) is 9.11. The van der Waals surface area contributed by atoms with Gasteiger partial charge in [0.05, 0.1) is 17.0 Å². The molecule has 2 aromatic rings. The summed E-state index contributed by atoms with van der Waals surface area (Å²) in [5.41, 5.74) is -0.664. The summed E-state index contributed by atoms with van der Waals surface area (Å²) in [7, 11) is -3.89. The second-order valence-electron chi connectivity index (χ2n) is 5.20. The van der Waals surface area contributed by atoms with Crippen molar-refractivity contribution in [2.24, 2.45) is 0 Å². The summed E-state index contributed by atoms with van der Waals surface area (Å²) in [6.45, 7) is 0. The number of benzene rings is 2. The summed E-state index contributed by atoms with van der Waals surface area (Å²) >= 11 is 5.57. The van der Waals surface area contributed by atoms with Crippen LogP contribution in [0.25, 0.3) is 0 Å². The lowest BCUT2D eigenvalue weighted by atomic mass is 10.1. The molecule has 0 aromatic heterocycles. The fourth-order valence-corrected chi connectivity index (χ4v) is 3.48. The molecule has 0 bridgehead atoms. The van der Waals surface area contributed by atoms with E-state index in [0.717, 1.165) is 11.6 Å². The van der Waals surface area contributed by atoms with Crippen LogP contribution in [0.1, 0.15) is 17.5 Å². The summed E-state index contributed by atoms with van der Waals surface area (Å²) in [6, 6.07) is 12.2. The Hall–Kier alpha value is -1.73. The first kappa shape index (κ1) is 18.6. The zero-order valence-electron chi connectivity index (χ0n) is 12.5. The van der Waals surface area contributed by atoms with Crippen LogP contribution in [0.3, 0.4) is 0 Å². The van der Waals surface area contributed by atoms with E-state index >= 15 is 0 Å². The summed E-state index contributed by atoms with van der Waals surface area (Å²) in [5, 5.41) is -0.116. The highest BCUT2D eigenvalue weighted by Crippen LogP contribution is 2.36. The summed E-state index contributed by atoms with van der Waals surface area (Å²) in [6.07, 6.45) is -3.88. The minimum atomic E-state index is -4.70. The van der Waals surface area contributed by atoms with Crippen LogP contribution in [0, 0.1) is 0 Å². The van der Waals surface area contributed by atoms with Crippen molar-refractivity contribution in [2.45, 2.75) is 19.0 Å². The smallest absolute Gasteiger partial charge is 0.283 e. The van der Waals surface area contributed by atoms with E-state index in [1.54, 1.807) is 0 Å². The number of aryl methyl sites for hydroxylation is 1. The molecule has 8 heteroatoms. The molecule has 0 spiro atoms. The maximum absolute atomic E-state index is 13.0. The molecule has 0 aliphatic carbocycles. The van der Waals surface area contributed by atoms with E-state index in [9.17, 15) is 21.6 Å². The van der Waals surface area contributed by atoms with Gasteiger partial charge in [-0.25, -0.2) is 8.42 Å². The Morgan fingerprint density at radius 1 is 1.04 bits per heavy atom. The third-order valence-corrected chi connectivity index (χ3v) is 4.87. The molecule has 0 saturated heterocycles. The standard InChI is InChI=1S/C16H15ClF3NO2S/c17-13-8-9-15(14(11-13)16(18,19)20)21-24(22,23)10-4-7-12-5-2-1-3-6-12/h1-3,5-6,8-9,11,21H,4,7,10H2. The predicted molar refractivity (Wildman–Crippen MR) is 88.6 cm³/mol. The van der Waals surface area contributed by atoms with Crippen LogP contribution in [0.2, 0.25) is 5.02 Å². The monoisotopic (exact) mass is 377 g/mol. The number of hydrogen-bond acceptors (Lipinski definition) is 2. The SMILES string of the molecule is O=S(=O)(CCCc1ccccc1)Nc1ccc(Cl)cc1C(F)(F)F. The molecule has 2 rings (SSSR count). The van der Waals surface area contributed by atoms with Crippen LogP contribution >= 0.6 is 11.6 Å². The van der Waals surface area contributed by atoms with E-state index in [1.165, 1.54) is 6.07 Å². The first-order valence-electron chi connectivity index (χ1n) is 7.08. The average molecular weight is 378 g/mol. The van der Waals surface area contributed by atoms with Crippen LogP contribution in [-0.4, -0.2) is 14.2 Å². The molecule has 0 heterocycles. The third kappa shape index (κ3) is 5.42. The number of sulfonamides is 1. The minimum absolute atomic E-state index is 0.116. The van der Waals surface area contributed by atoms with Crippen molar-refractivity contribution >= 4 is 27.3 Å².